The normalized spacial score (nSPS) is 17.1. The van der Waals surface area contributed by atoms with Gasteiger partial charge in [0.2, 0.25) is 5.91 Å². The van der Waals surface area contributed by atoms with Crippen molar-refractivity contribution in [2.75, 3.05) is 18.5 Å². The van der Waals surface area contributed by atoms with Gasteiger partial charge in [0.1, 0.15) is 0 Å². The van der Waals surface area contributed by atoms with Crippen molar-refractivity contribution in [2.24, 2.45) is 0 Å². The highest BCUT2D eigenvalue weighted by Gasteiger charge is 2.15. The van der Waals surface area contributed by atoms with Crippen LogP contribution in [0.25, 0.3) is 0 Å². The Labute approximate surface area is 130 Å². The van der Waals surface area contributed by atoms with Crippen LogP contribution in [0.5, 0.6) is 5.75 Å². The van der Waals surface area contributed by atoms with Crippen LogP contribution in [0, 0.1) is 5.82 Å². The van der Waals surface area contributed by atoms with E-state index in [0.29, 0.717) is 24.8 Å². The first-order valence-corrected chi connectivity index (χ1v) is 7.14. The Hall–Kier alpha value is -1.33. The van der Waals surface area contributed by atoms with Crippen molar-refractivity contribution in [1.29, 1.82) is 0 Å². The van der Waals surface area contributed by atoms with Crippen molar-refractivity contribution >= 4 is 24.0 Å². The number of carbonyl (C=O) groups excluding carboxylic acids is 1. The summed E-state index contributed by atoms with van der Waals surface area (Å²) < 4.78 is 18.7. The van der Waals surface area contributed by atoms with Gasteiger partial charge in [-0.1, -0.05) is 0 Å². The van der Waals surface area contributed by atoms with Crippen molar-refractivity contribution in [3.8, 4) is 5.75 Å². The van der Waals surface area contributed by atoms with Crippen molar-refractivity contribution in [2.45, 2.75) is 38.6 Å². The number of hydrogen-bond acceptors (Lipinski definition) is 3. The molecule has 1 aliphatic rings. The van der Waals surface area contributed by atoms with Gasteiger partial charge in [-0.3, -0.25) is 4.79 Å². The van der Waals surface area contributed by atoms with Gasteiger partial charge in [-0.05, 0) is 44.9 Å². The Bertz CT molecular complexity index is 465. The number of halogens is 2. The summed E-state index contributed by atoms with van der Waals surface area (Å²) in [4.78, 5) is 11.8. The van der Waals surface area contributed by atoms with Gasteiger partial charge >= 0.3 is 0 Å². The summed E-state index contributed by atoms with van der Waals surface area (Å²) in [6, 6.07) is 4.92. The number of carbonyl (C=O) groups is 1. The smallest absolute Gasteiger partial charge is 0.224 e. The molecule has 6 heteroatoms. The van der Waals surface area contributed by atoms with Crippen LogP contribution < -0.4 is 15.4 Å². The number of anilines is 1. The van der Waals surface area contributed by atoms with E-state index >= 15 is 0 Å². The van der Waals surface area contributed by atoms with Crippen LogP contribution in [0.4, 0.5) is 10.1 Å². The zero-order valence-corrected chi connectivity index (χ0v) is 13.0. The topological polar surface area (TPSA) is 50.4 Å². The average molecular weight is 317 g/mol. The van der Waals surface area contributed by atoms with E-state index in [0.717, 1.165) is 19.4 Å². The van der Waals surface area contributed by atoms with E-state index in [1.807, 2.05) is 0 Å². The third-order valence-electron chi connectivity index (χ3n) is 3.40. The molecule has 0 bridgehead atoms. The lowest BCUT2D eigenvalue weighted by Crippen LogP contribution is -2.23. The maximum atomic E-state index is 13.6. The van der Waals surface area contributed by atoms with Crippen LogP contribution in [0.15, 0.2) is 18.2 Å². The summed E-state index contributed by atoms with van der Waals surface area (Å²) in [6.45, 7) is 3.25. The van der Waals surface area contributed by atoms with Crippen molar-refractivity contribution in [3.63, 3.8) is 0 Å². The summed E-state index contributed by atoms with van der Waals surface area (Å²) in [5.74, 6) is -0.329. The fourth-order valence-corrected chi connectivity index (χ4v) is 2.38. The maximum Gasteiger partial charge on any atom is 0.224 e. The number of nitrogens with one attached hydrogen (secondary N) is 2. The summed E-state index contributed by atoms with van der Waals surface area (Å²) in [7, 11) is 0. The molecule has 1 amide bonds. The monoisotopic (exact) mass is 316 g/mol. The Morgan fingerprint density at radius 1 is 1.52 bits per heavy atom. The summed E-state index contributed by atoms with van der Waals surface area (Å²) in [5, 5.41) is 6.06. The molecule has 1 unspecified atom stereocenters. The van der Waals surface area contributed by atoms with E-state index in [4.69, 9.17) is 4.74 Å². The Morgan fingerprint density at radius 3 is 2.95 bits per heavy atom. The predicted molar refractivity (Wildman–Crippen MR) is 83.7 cm³/mol. The van der Waals surface area contributed by atoms with Crippen LogP contribution >= 0.6 is 12.4 Å². The lowest BCUT2D eigenvalue weighted by molar-refractivity contribution is -0.116. The van der Waals surface area contributed by atoms with E-state index in [1.165, 1.54) is 18.6 Å². The van der Waals surface area contributed by atoms with E-state index in [2.05, 4.69) is 10.6 Å². The SMILES string of the molecule is CCOc1ccc(NC(=O)CCC2CCCN2)cc1F.Cl. The van der Waals surface area contributed by atoms with Crippen molar-refractivity contribution in [1.82, 2.24) is 5.32 Å². The minimum absolute atomic E-state index is 0. The molecule has 21 heavy (non-hydrogen) atoms. The summed E-state index contributed by atoms with van der Waals surface area (Å²) in [5.41, 5.74) is 0.468. The first-order valence-electron chi connectivity index (χ1n) is 7.14. The molecular formula is C15H22ClFN2O2. The summed E-state index contributed by atoms with van der Waals surface area (Å²) >= 11 is 0. The highest BCUT2D eigenvalue weighted by Crippen LogP contribution is 2.21. The van der Waals surface area contributed by atoms with Gasteiger partial charge in [0.15, 0.2) is 11.6 Å². The number of rotatable bonds is 6. The van der Waals surface area contributed by atoms with Crippen LogP contribution in [0.1, 0.15) is 32.6 Å². The first kappa shape index (κ1) is 17.7. The molecule has 0 saturated carbocycles. The van der Waals surface area contributed by atoms with Gasteiger partial charge in [-0.25, -0.2) is 4.39 Å². The molecular weight excluding hydrogens is 295 g/mol. The van der Waals surface area contributed by atoms with Gasteiger partial charge in [-0.2, -0.15) is 0 Å². The molecule has 1 aliphatic heterocycles. The highest BCUT2D eigenvalue weighted by molar-refractivity contribution is 5.90. The summed E-state index contributed by atoms with van der Waals surface area (Å²) in [6.07, 6.45) is 3.58. The maximum absolute atomic E-state index is 13.6. The van der Waals surface area contributed by atoms with Gasteiger partial charge in [0.05, 0.1) is 6.61 Å². The van der Waals surface area contributed by atoms with Gasteiger partial charge in [-0.15, -0.1) is 12.4 Å². The minimum atomic E-state index is -0.456. The van der Waals surface area contributed by atoms with Crippen LogP contribution in [-0.4, -0.2) is 25.1 Å². The van der Waals surface area contributed by atoms with Gasteiger partial charge in [0, 0.05) is 24.2 Å². The van der Waals surface area contributed by atoms with Crippen molar-refractivity contribution < 1.29 is 13.9 Å². The predicted octanol–water partition coefficient (Wildman–Crippen LogP) is 3.12. The molecule has 1 fully saturated rings. The number of amides is 1. The molecule has 0 aromatic heterocycles. The van der Waals surface area contributed by atoms with Crippen LogP contribution in [0.2, 0.25) is 0 Å². The Balaban J connectivity index is 0.00000220. The second-order valence-electron chi connectivity index (χ2n) is 4.96. The molecule has 4 nitrogen and oxygen atoms in total. The van der Waals surface area contributed by atoms with Crippen LogP contribution in [-0.2, 0) is 4.79 Å². The van der Waals surface area contributed by atoms with E-state index in [9.17, 15) is 9.18 Å². The molecule has 1 saturated heterocycles. The molecule has 118 valence electrons. The zero-order valence-electron chi connectivity index (χ0n) is 12.2. The fraction of sp³-hybridized carbons (Fsp3) is 0.533. The standard InChI is InChI=1S/C15H21FN2O2.ClH/c1-2-20-14-7-5-12(10-13(14)16)18-15(19)8-6-11-4-3-9-17-11;/h5,7,10-11,17H,2-4,6,8-9H2,1H3,(H,18,19);1H. The fourth-order valence-electron chi connectivity index (χ4n) is 2.38. The first-order chi connectivity index (χ1) is 9.69. The molecule has 0 spiro atoms. The van der Waals surface area contributed by atoms with Crippen LogP contribution in [0.3, 0.4) is 0 Å². The van der Waals surface area contributed by atoms with E-state index < -0.39 is 5.82 Å². The third kappa shape index (κ3) is 5.52. The number of hydrogen-bond donors (Lipinski definition) is 2. The Kier molecular flexibility index (Phi) is 7.47. The Morgan fingerprint density at radius 2 is 2.33 bits per heavy atom. The minimum Gasteiger partial charge on any atom is -0.491 e. The third-order valence-corrected chi connectivity index (χ3v) is 3.40. The molecule has 1 atom stereocenters. The number of benzene rings is 1. The van der Waals surface area contributed by atoms with Gasteiger partial charge in [0.25, 0.3) is 0 Å². The average Bonchev–Trinajstić information content (AvgIpc) is 2.93. The largest absolute Gasteiger partial charge is 0.491 e. The van der Waals surface area contributed by atoms with Gasteiger partial charge < -0.3 is 15.4 Å². The lowest BCUT2D eigenvalue weighted by atomic mass is 10.1. The van der Waals surface area contributed by atoms with Crippen molar-refractivity contribution in [3.05, 3.63) is 24.0 Å². The molecule has 1 aromatic rings. The molecule has 2 rings (SSSR count). The second kappa shape index (κ2) is 8.85. The molecule has 2 N–H and O–H groups in total. The lowest BCUT2D eigenvalue weighted by Gasteiger charge is -2.11. The zero-order chi connectivity index (χ0) is 14.4. The molecule has 0 radical (unpaired) electrons. The second-order valence-corrected chi connectivity index (χ2v) is 4.96. The highest BCUT2D eigenvalue weighted by atomic mass is 35.5. The quantitative estimate of drug-likeness (QED) is 0.848. The van der Waals surface area contributed by atoms with E-state index in [1.54, 1.807) is 13.0 Å². The number of ether oxygens (including phenoxy) is 1. The molecule has 1 aromatic carbocycles. The molecule has 1 heterocycles. The molecule has 0 aliphatic carbocycles. The van der Waals surface area contributed by atoms with E-state index in [-0.39, 0.29) is 24.1 Å².